The van der Waals surface area contributed by atoms with Gasteiger partial charge in [-0.2, -0.15) is 0 Å². The maximum Gasteiger partial charge on any atom is 0.237 e. The summed E-state index contributed by atoms with van der Waals surface area (Å²) in [6, 6.07) is 13.2. The molecule has 2 aromatic rings. The van der Waals surface area contributed by atoms with Crippen molar-refractivity contribution in [2.75, 3.05) is 6.54 Å². The first-order valence-corrected chi connectivity index (χ1v) is 7.19. The molecule has 0 spiro atoms. The standard InChI is InChI=1S/C17H22N2O2/c1-11(2)16(18)17(21)19-10-15(20)14-8-7-12-5-3-4-6-13(12)9-14/h3-9,11,15-16,20H,10,18H2,1-2H3,(H,19,21)/t15?,16-/m0/s1. The normalized spacial score (nSPS) is 14.1. The number of nitrogens with two attached hydrogens (primary N) is 1. The first-order chi connectivity index (χ1) is 9.99. The Balaban J connectivity index is 2.02. The molecule has 112 valence electrons. The molecule has 0 radical (unpaired) electrons. The number of rotatable bonds is 5. The Morgan fingerprint density at radius 3 is 2.52 bits per heavy atom. The molecular weight excluding hydrogens is 264 g/mol. The van der Waals surface area contributed by atoms with Gasteiger partial charge < -0.3 is 16.2 Å². The number of benzene rings is 2. The molecule has 2 rings (SSSR count). The second kappa shape index (κ2) is 6.70. The van der Waals surface area contributed by atoms with Gasteiger partial charge in [-0.15, -0.1) is 0 Å². The van der Waals surface area contributed by atoms with Crippen molar-refractivity contribution in [3.63, 3.8) is 0 Å². The highest BCUT2D eigenvalue weighted by atomic mass is 16.3. The monoisotopic (exact) mass is 286 g/mol. The Labute approximate surface area is 125 Å². The van der Waals surface area contributed by atoms with Crippen LogP contribution >= 0.6 is 0 Å². The maximum absolute atomic E-state index is 11.8. The van der Waals surface area contributed by atoms with E-state index in [9.17, 15) is 9.90 Å². The fraction of sp³-hybridized carbons (Fsp3) is 0.353. The highest BCUT2D eigenvalue weighted by molar-refractivity contribution is 5.83. The SMILES string of the molecule is CC(C)[C@H](N)C(=O)NCC(O)c1ccc2ccccc2c1. The molecule has 4 N–H and O–H groups in total. The fourth-order valence-corrected chi connectivity index (χ4v) is 2.15. The van der Waals surface area contributed by atoms with Crippen LogP contribution in [0.4, 0.5) is 0 Å². The molecule has 0 aliphatic rings. The van der Waals surface area contributed by atoms with Crippen molar-refractivity contribution in [1.29, 1.82) is 0 Å². The number of aliphatic hydroxyl groups excluding tert-OH is 1. The molecule has 21 heavy (non-hydrogen) atoms. The molecule has 2 aromatic carbocycles. The van der Waals surface area contributed by atoms with Gasteiger partial charge in [-0.1, -0.05) is 50.2 Å². The van der Waals surface area contributed by atoms with E-state index < -0.39 is 12.1 Å². The van der Waals surface area contributed by atoms with Crippen molar-refractivity contribution < 1.29 is 9.90 Å². The van der Waals surface area contributed by atoms with E-state index in [1.165, 1.54) is 0 Å². The quantitative estimate of drug-likeness (QED) is 0.786. The zero-order valence-corrected chi connectivity index (χ0v) is 12.4. The lowest BCUT2D eigenvalue weighted by Gasteiger charge is -2.18. The molecule has 0 saturated heterocycles. The number of amides is 1. The van der Waals surface area contributed by atoms with Crippen molar-refractivity contribution in [2.24, 2.45) is 11.7 Å². The fourth-order valence-electron chi connectivity index (χ4n) is 2.15. The molecule has 0 fully saturated rings. The van der Waals surface area contributed by atoms with Gasteiger partial charge in [-0.25, -0.2) is 0 Å². The average Bonchev–Trinajstić information content (AvgIpc) is 2.50. The van der Waals surface area contributed by atoms with E-state index in [0.29, 0.717) is 0 Å². The Hall–Kier alpha value is -1.91. The molecule has 1 amide bonds. The third-order valence-electron chi connectivity index (χ3n) is 3.65. The summed E-state index contributed by atoms with van der Waals surface area (Å²) in [4.78, 5) is 11.8. The van der Waals surface area contributed by atoms with Crippen molar-refractivity contribution in [1.82, 2.24) is 5.32 Å². The Bertz CT molecular complexity index is 625. The van der Waals surface area contributed by atoms with E-state index in [2.05, 4.69) is 5.32 Å². The van der Waals surface area contributed by atoms with Gasteiger partial charge in [0.1, 0.15) is 0 Å². The molecular formula is C17H22N2O2. The van der Waals surface area contributed by atoms with Crippen molar-refractivity contribution >= 4 is 16.7 Å². The van der Waals surface area contributed by atoms with Gasteiger partial charge in [0.2, 0.25) is 5.91 Å². The molecule has 0 heterocycles. The zero-order valence-electron chi connectivity index (χ0n) is 12.4. The van der Waals surface area contributed by atoms with E-state index >= 15 is 0 Å². The van der Waals surface area contributed by atoms with Crippen molar-refractivity contribution in [2.45, 2.75) is 26.0 Å². The minimum atomic E-state index is -0.738. The predicted octanol–water partition coefficient (Wildman–Crippen LogP) is 1.97. The van der Waals surface area contributed by atoms with Gasteiger partial charge in [0.15, 0.2) is 0 Å². The average molecular weight is 286 g/mol. The second-order valence-electron chi connectivity index (χ2n) is 5.64. The number of aliphatic hydroxyl groups is 1. The Morgan fingerprint density at radius 1 is 1.19 bits per heavy atom. The summed E-state index contributed by atoms with van der Waals surface area (Å²) in [5.41, 5.74) is 6.55. The smallest absolute Gasteiger partial charge is 0.237 e. The summed E-state index contributed by atoms with van der Waals surface area (Å²) in [7, 11) is 0. The zero-order chi connectivity index (χ0) is 15.4. The van der Waals surface area contributed by atoms with Crippen LogP contribution in [0.25, 0.3) is 10.8 Å². The van der Waals surface area contributed by atoms with Gasteiger partial charge in [0.25, 0.3) is 0 Å². The third-order valence-corrected chi connectivity index (χ3v) is 3.65. The topological polar surface area (TPSA) is 75.4 Å². The molecule has 4 heteroatoms. The van der Waals surface area contributed by atoms with E-state index in [-0.39, 0.29) is 18.4 Å². The molecule has 4 nitrogen and oxygen atoms in total. The van der Waals surface area contributed by atoms with Gasteiger partial charge >= 0.3 is 0 Å². The van der Waals surface area contributed by atoms with Crippen molar-refractivity contribution in [3.05, 3.63) is 48.0 Å². The summed E-state index contributed by atoms with van der Waals surface area (Å²) in [5.74, 6) is -0.160. The minimum Gasteiger partial charge on any atom is -0.387 e. The van der Waals surface area contributed by atoms with E-state index in [4.69, 9.17) is 5.73 Å². The van der Waals surface area contributed by atoms with E-state index in [1.807, 2.05) is 56.3 Å². The Kier molecular flexibility index (Phi) is 4.94. The van der Waals surface area contributed by atoms with Gasteiger partial charge in [-0.05, 0) is 28.3 Å². The first kappa shape index (κ1) is 15.5. The van der Waals surface area contributed by atoms with E-state index in [0.717, 1.165) is 16.3 Å². The molecule has 0 aromatic heterocycles. The predicted molar refractivity (Wildman–Crippen MR) is 84.7 cm³/mol. The molecule has 1 unspecified atom stereocenters. The van der Waals surface area contributed by atoms with Crippen LogP contribution in [0, 0.1) is 5.92 Å². The lowest BCUT2D eigenvalue weighted by Crippen LogP contribution is -2.45. The van der Waals surface area contributed by atoms with Crippen LogP contribution in [0.15, 0.2) is 42.5 Å². The van der Waals surface area contributed by atoms with Crippen LogP contribution in [0.5, 0.6) is 0 Å². The lowest BCUT2D eigenvalue weighted by molar-refractivity contribution is -0.123. The van der Waals surface area contributed by atoms with Gasteiger partial charge in [0, 0.05) is 6.54 Å². The van der Waals surface area contributed by atoms with Crippen molar-refractivity contribution in [3.8, 4) is 0 Å². The summed E-state index contributed by atoms with van der Waals surface area (Å²) in [6.45, 7) is 3.95. The van der Waals surface area contributed by atoms with Crippen LogP contribution in [-0.4, -0.2) is 23.6 Å². The number of hydrogen-bond donors (Lipinski definition) is 3. The van der Waals surface area contributed by atoms with Gasteiger partial charge in [-0.3, -0.25) is 4.79 Å². The van der Waals surface area contributed by atoms with Crippen LogP contribution in [-0.2, 0) is 4.79 Å². The summed E-state index contributed by atoms with van der Waals surface area (Å²) >= 11 is 0. The summed E-state index contributed by atoms with van der Waals surface area (Å²) < 4.78 is 0. The highest BCUT2D eigenvalue weighted by Gasteiger charge is 2.18. The largest absolute Gasteiger partial charge is 0.387 e. The van der Waals surface area contributed by atoms with Crippen LogP contribution in [0.1, 0.15) is 25.5 Å². The summed E-state index contributed by atoms with van der Waals surface area (Å²) in [6.07, 6.45) is -0.738. The van der Waals surface area contributed by atoms with Crippen LogP contribution < -0.4 is 11.1 Å². The van der Waals surface area contributed by atoms with Crippen LogP contribution in [0.3, 0.4) is 0 Å². The molecule has 0 aliphatic carbocycles. The van der Waals surface area contributed by atoms with Gasteiger partial charge in [0.05, 0.1) is 12.1 Å². The number of nitrogens with one attached hydrogen (secondary N) is 1. The van der Waals surface area contributed by atoms with Crippen LogP contribution in [0.2, 0.25) is 0 Å². The molecule has 0 saturated carbocycles. The second-order valence-corrected chi connectivity index (χ2v) is 5.64. The maximum atomic E-state index is 11.8. The number of fused-ring (bicyclic) bond motifs is 1. The number of carbonyl (C=O) groups excluding carboxylic acids is 1. The number of hydrogen-bond acceptors (Lipinski definition) is 3. The first-order valence-electron chi connectivity index (χ1n) is 7.19. The number of carbonyl (C=O) groups is 1. The van der Waals surface area contributed by atoms with E-state index in [1.54, 1.807) is 0 Å². The third kappa shape index (κ3) is 3.80. The molecule has 2 atom stereocenters. The highest BCUT2D eigenvalue weighted by Crippen LogP contribution is 2.20. The molecule has 0 aliphatic heterocycles. The molecule has 0 bridgehead atoms. The summed E-state index contributed by atoms with van der Waals surface area (Å²) in [5, 5.41) is 15.1. The lowest BCUT2D eigenvalue weighted by atomic mass is 10.0. The minimum absolute atomic E-state index is 0.0720. The Morgan fingerprint density at radius 2 is 1.86 bits per heavy atom.